The van der Waals surface area contributed by atoms with Crippen molar-refractivity contribution in [3.63, 3.8) is 0 Å². The van der Waals surface area contributed by atoms with Crippen LogP contribution in [0.3, 0.4) is 0 Å². The monoisotopic (exact) mass is 348 g/mol. The van der Waals surface area contributed by atoms with Crippen molar-refractivity contribution in [2.75, 3.05) is 24.6 Å². The van der Waals surface area contributed by atoms with E-state index in [4.69, 9.17) is 4.74 Å². The number of carbonyl (C=O) groups is 1. The molecule has 7 heteroatoms. The molecule has 6 nitrogen and oxygen atoms in total. The van der Waals surface area contributed by atoms with Gasteiger partial charge < -0.3 is 20.3 Å². The van der Waals surface area contributed by atoms with E-state index in [0.717, 1.165) is 25.9 Å². The molecule has 0 radical (unpaired) electrons. The zero-order valence-corrected chi connectivity index (χ0v) is 14.3. The number of nitrogens with one attached hydrogen (secondary N) is 2. The molecule has 1 aromatic heterocycles. The molecule has 25 heavy (non-hydrogen) atoms. The van der Waals surface area contributed by atoms with Crippen molar-refractivity contribution in [2.24, 2.45) is 5.92 Å². The van der Waals surface area contributed by atoms with E-state index in [9.17, 15) is 9.18 Å². The molecule has 1 aliphatic carbocycles. The molecule has 3 fully saturated rings. The van der Waals surface area contributed by atoms with Crippen LogP contribution < -0.4 is 15.5 Å². The average Bonchev–Trinajstić information content (AvgIpc) is 3.36. The van der Waals surface area contributed by atoms with Gasteiger partial charge in [-0.2, -0.15) is 0 Å². The lowest BCUT2D eigenvalue weighted by molar-refractivity contribution is -0.00917. The van der Waals surface area contributed by atoms with Crippen LogP contribution in [-0.4, -0.2) is 48.9 Å². The highest BCUT2D eigenvalue weighted by molar-refractivity contribution is 5.74. The van der Waals surface area contributed by atoms with Crippen molar-refractivity contribution in [3.05, 3.63) is 24.1 Å². The van der Waals surface area contributed by atoms with Crippen LogP contribution >= 0.6 is 0 Å². The van der Waals surface area contributed by atoms with Gasteiger partial charge in [0.1, 0.15) is 0 Å². The van der Waals surface area contributed by atoms with E-state index < -0.39 is 0 Å². The summed E-state index contributed by atoms with van der Waals surface area (Å²) in [5.74, 6) is 0.745. The van der Waals surface area contributed by atoms with Crippen LogP contribution in [0.2, 0.25) is 0 Å². The summed E-state index contributed by atoms with van der Waals surface area (Å²) in [4.78, 5) is 18.3. The first kappa shape index (κ1) is 16.6. The first-order valence-corrected chi connectivity index (χ1v) is 9.23. The van der Waals surface area contributed by atoms with Crippen molar-refractivity contribution >= 4 is 11.8 Å². The molecule has 0 spiro atoms. The Morgan fingerprint density at radius 3 is 2.88 bits per heavy atom. The normalized spacial score (nSPS) is 29.5. The maximum absolute atomic E-state index is 13.8. The van der Waals surface area contributed by atoms with E-state index in [1.54, 1.807) is 12.3 Å². The smallest absolute Gasteiger partial charge is 0.315 e. The van der Waals surface area contributed by atoms with Gasteiger partial charge in [0.05, 0.1) is 6.10 Å². The molecule has 0 unspecified atom stereocenters. The molecule has 2 amide bonds. The first-order chi connectivity index (χ1) is 12.2. The molecule has 3 atom stereocenters. The van der Waals surface area contributed by atoms with Gasteiger partial charge >= 0.3 is 6.03 Å². The molecule has 2 N–H and O–H groups in total. The van der Waals surface area contributed by atoms with Crippen molar-refractivity contribution in [1.82, 2.24) is 15.6 Å². The Bertz CT molecular complexity index is 625. The molecule has 3 aliphatic rings. The lowest BCUT2D eigenvalue weighted by Crippen LogP contribution is -2.49. The van der Waals surface area contributed by atoms with Crippen LogP contribution in [0.15, 0.2) is 18.3 Å². The molecule has 136 valence electrons. The first-order valence-electron chi connectivity index (χ1n) is 9.23. The number of carbonyl (C=O) groups excluding carboxylic acids is 1. The molecule has 3 heterocycles. The Hall–Kier alpha value is -1.89. The third-order valence-corrected chi connectivity index (χ3v) is 5.36. The zero-order valence-electron chi connectivity index (χ0n) is 14.3. The van der Waals surface area contributed by atoms with Gasteiger partial charge in [0, 0.05) is 38.0 Å². The molecule has 1 saturated carbocycles. The minimum absolute atomic E-state index is 0.0143. The second-order valence-electron chi connectivity index (χ2n) is 7.33. The number of urea groups is 1. The second-order valence-corrected chi connectivity index (χ2v) is 7.33. The largest absolute Gasteiger partial charge is 0.378 e. The van der Waals surface area contributed by atoms with Crippen molar-refractivity contribution in [3.8, 4) is 0 Å². The fourth-order valence-corrected chi connectivity index (χ4v) is 3.85. The topological polar surface area (TPSA) is 66.5 Å². The van der Waals surface area contributed by atoms with Gasteiger partial charge in [-0.05, 0) is 50.2 Å². The van der Waals surface area contributed by atoms with E-state index >= 15 is 0 Å². The Morgan fingerprint density at radius 2 is 2.08 bits per heavy atom. The van der Waals surface area contributed by atoms with Crippen LogP contribution in [0.1, 0.15) is 32.1 Å². The summed E-state index contributed by atoms with van der Waals surface area (Å²) in [5, 5.41) is 6.11. The minimum Gasteiger partial charge on any atom is -0.378 e. The molecule has 2 aliphatic heterocycles. The second kappa shape index (κ2) is 7.15. The summed E-state index contributed by atoms with van der Waals surface area (Å²) in [7, 11) is 0. The zero-order chi connectivity index (χ0) is 17.2. The average molecular weight is 348 g/mol. The van der Waals surface area contributed by atoms with E-state index in [1.807, 2.05) is 4.90 Å². The fourth-order valence-electron chi connectivity index (χ4n) is 3.85. The van der Waals surface area contributed by atoms with Gasteiger partial charge in [0.15, 0.2) is 11.6 Å². The molecule has 0 aromatic carbocycles. The number of amides is 2. The predicted molar refractivity (Wildman–Crippen MR) is 92.0 cm³/mol. The third kappa shape index (κ3) is 4.03. The summed E-state index contributed by atoms with van der Waals surface area (Å²) < 4.78 is 19.6. The maximum atomic E-state index is 13.8. The predicted octanol–water partition coefficient (Wildman–Crippen LogP) is 2.06. The van der Waals surface area contributed by atoms with Crippen molar-refractivity contribution in [2.45, 2.75) is 50.3 Å². The van der Waals surface area contributed by atoms with Crippen LogP contribution in [-0.2, 0) is 4.74 Å². The number of anilines is 1. The van der Waals surface area contributed by atoms with E-state index in [0.29, 0.717) is 30.9 Å². The summed E-state index contributed by atoms with van der Waals surface area (Å²) in [6, 6.07) is 3.07. The highest BCUT2D eigenvalue weighted by Crippen LogP contribution is 2.38. The molecular weight excluding hydrogens is 323 g/mol. The quantitative estimate of drug-likeness (QED) is 0.874. The summed E-state index contributed by atoms with van der Waals surface area (Å²) in [6.45, 7) is 2.00. The number of nitrogens with zero attached hydrogens (tertiary/aromatic N) is 2. The van der Waals surface area contributed by atoms with Crippen molar-refractivity contribution in [1.29, 1.82) is 0 Å². The van der Waals surface area contributed by atoms with Gasteiger partial charge in [0.25, 0.3) is 0 Å². The van der Waals surface area contributed by atoms with E-state index in [1.165, 1.54) is 18.9 Å². The molecule has 0 bridgehead atoms. The van der Waals surface area contributed by atoms with E-state index in [2.05, 4.69) is 15.6 Å². The van der Waals surface area contributed by atoms with Gasteiger partial charge in [0.2, 0.25) is 0 Å². The number of halogens is 1. The van der Waals surface area contributed by atoms with Crippen LogP contribution in [0.5, 0.6) is 0 Å². The Kier molecular flexibility index (Phi) is 4.74. The lowest BCUT2D eigenvalue weighted by atomic mass is 10.0. The number of rotatable bonds is 4. The summed E-state index contributed by atoms with van der Waals surface area (Å²) >= 11 is 0. The van der Waals surface area contributed by atoms with E-state index in [-0.39, 0.29) is 23.9 Å². The fraction of sp³-hybridized carbons (Fsp3) is 0.667. The lowest BCUT2D eigenvalue weighted by Gasteiger charge is -2.30. The number of hydrogen-bond donors (Lipinski definition) is 2. The Labute approximate surface area is 147 Å². The molecule has 4 rings (SSSR count). The van der Waals surface area contributed by atoms with Crippen LogP contribution in [0.4, 0.5) is 15.0 Å². The Morgan fingerprint density at radius 1 is 1.24 bits per heavy atom. The highest BCUT2D eigenvalue weighted by Gasteiger charge is 2.36. The number of aromatic nitrogens is 1. The van der Waals surface area contributed by atoms with Gasteiger partial charge in [-0.25, -0.2) is 14.2 Å². The number of pyridine rings is 1. The van der Waals surface area contributed by atoms with Gasteiger partial charge in [-0.3, -0.25) is 0 Å². The van der Waals surface area contributed by atoms with Gasteiger partial charge in [-0.15, -0.1) is 0 Å². The maximum Gasteiger partial charge on any atom is 0.315 e. The Balaban J connectivity index is 1.25. The van der Waals surface area contributed by atoms with Gasteiger partial charge in [-0.1, -0.05) is 0 Å². The third-order valence-electron chi connectivity index (χ3n) is 5.36. The highest BCUT2D eigenvalue weighted by atomic mass is 19.1. The SMILES string of the molecule is O=C(N[C@@H]1CCO[C@H](C2CC2)C1)N[C@@H]1CCN(c2ncccc2F)C1. The van der Waals surface area contributed by atoms with Crippen LogP contribution in [0.25, 0.3) is 0 Å². The standard InChI is InChI=1S/C18H25FN4O2/c19-15-2-1-7-20-17(15)23-8-5-14(11-23)22-18(24)21-13-6-9-25-16(10-13)12-3-4-12/h1-2,7,12-14,16H,3-6,8-11H2,(H2,21,22,24)/t13-,14-,16+/m1/s1. The van der Waals surface area contributed by atoms with Crippen molar-refractivity contribution < 1.29 is 13.9 Å². The molecule has 1 aromatic rings. The summed E-state index contributed by atoms with van der Waals surface area (Å²) in [6.07, 6.45) is 6.99. The molecular formula is C18H25FN4O2. The number of ether oxygens (including phenoxy) is 1. The summed E-state index contributed by atoms with van der Waals surface area (Å²) in [5.41, 5.74) is 0. The van der Waals surface area contributed by atoms with Crippen LogP contribution in [0, 0.1) is 11.7 Å². The molecule has 2 saturated heterocycles. The minimum atomic E-state index is -0.319. The number of hydrogen-bond acceptors (Lipinski definition) is 4.